The molecule has 1 fully saturated rings. The maximum Gasteiger partial charge on any atom is 0.417 e. The number of pyridine rings is 1. The number of hydrogen-bond acceptors (Lipinski definition) is 4. The summed E-state index contributed by atoms with van der Waals surface area (Å²) in [5, 5.41) is 3.30. The van der Waals surface area contributed by atoms with Gasteiger partial charge in [0, 0.05) is 44.5 Å². The van der Waals surface area contributed by atoms with Crippen molar-refractivity contribution in [3.63, 3.8) is 0 Å². The Kier molecular flexibility index (Phi) is 5.97. The minimum atomic E-state index is -4.40. The molecule has 1 aliphatic heterocycles. The van der Waals surface area contributed by atoms with E-state index in [0.29, 0.717) is 24.5 Å². The van der Waals surface area contributed by atoms with Crippen LogP contribution in [0.1, 0.15) is 24.6 Å². The van der Waals surface area contributed by atoms with Gasteiger partial charge in [-0.15, -0.1) is 0 Å². The van der Waals surface area contributed by atoms with Crippen molar-refractivity contribution in [3.8, 4) is 17.0 Å². The highest BCUT2D eigenvalue weighted by molar-refractivity contribution is 5.67. The second kappa shape index (κ2) is 8.65. The normalized spacial score (nSPS) is 15.6. The minimum absolute atomic E-state index is 0.509. The lowest BCUT2D eigenvalue weighted by Crippen LogP contribution is -2.43. The van der Waals surface area contributed by atoms with Crippen LogP contribution in [0.4, 0.5) is 13.2 Å². The summed E-state index contributed by atoms with van der Waals surface area (Å²) in [5.41, 5.74) is 2.16. The smallest absolute Gasteiger partial charge is 0.417 e. The number of piperazine rings is 1. The van der Waals surface area contributed by atoms with Crippen molar-refractivity contribution < 1.29 is 17.9 Å². The highest BCUT2D eigenvalue weighted by Gasteiger charge is 2.31. The molecular formula is C22H25F3N4O. The number of aromatic nitrogens is 2. The van der Waals surface area contributed by atoms with Gasteiger partial charge >= 0.3 is 6.18 Å². The molecule has 0 atom stereocenters. The number of rotatable bonds is 6. The summed E-state index contributed by atoms with van der Waals surface area (Å²) in [6, 6.07) is 10.1. The van der Waals surface area contributed by atoms with Crippen LogP contribution in [0.3, 0.4) is 0 Å². The Balaban J connectivity index is 1.76. The van der Waals surface area contributed by atoms with Gasteiger partial charge in [0.1, 0.15) is 11.4 Å². The molecule has 0 radical (unpaired) electrons. The molecule has 0 spiro atoms. The van der Waals surface area contributed by atoms with Crippen molar-refractivity contribution in [1.29, 1.82) is 0 Å². The van der Waals surface area contributed by atoms with Crippen LogP contribution >= 0.6 is 0 Å². The van der Waals surface area contributed by atoms with Crippen LogP contribution in [-0.4, -0.2) is 47.1 Å². The SMILES string of the molecule is CCCOc1ccc(-c2nc3ccc(C(F)(F)F)cn3c2CN2CCNCC2)cc1. The molecule has 0 aliphatic carbocycles. The second-order valence-corrected chi connectivity index (χ2v) is 7.45. The van der Waals surface area contributed by atoms with E-state index in [2.05, 4.69) is 15.2 Å². The van der Waals surface area contributed by atoms with Gasteiger partial charge in [0.15, 0.2) is 0 Å². The molecule has 2 aromatic heterocycles. The summed E-state index contributed by atoms with van der Waals surface area (Å²) in [7, 11) is 0. The highest BCUT2D eigenvalue weighted by atomic mass is 19.4. The summed E-state index contributed by atoms with van der Waals surface area (Å²) < 4.78 is 47.2. The Labute approximate surface area is 173 Å². The summed E-state index contributed by atoms with van der Waals surface area (Å²) in [5.74, 6) is 0.771. The molecule has 1 aliphatic rings. The molecule has 30 heavy (non-hydrogen) atoms. The molecule has 160 valence electrons. The molecule has 0 saturated carbocycles. The zero-order chi connectivity index (χ0) is 21.1. The van der Waals surface area contributed by atoms with Crippen LogP contribution in [0.15, 0.2) is 42.6 Å². The first-order chi connectivity index (χ1) is 14.5. The monoisotopic (exact) mass is 418 g/mol. The van der Waals surface area contributed by atoms with Crippen LogP contribution < -0.4 is 10.1 Å². The molecule has 4 rings (SSSR count). The molecule has 0 amide bonds. The highest BCUT2D eigenvalue weighted by Crippen LogP contribution is 2.32. The third kappa shape index (κ3) is 4.44. The first-order valence-electron chi connectivity index (χ1n) is 10.2. The number of alkyl halides is 3. The predicted octanol–water partition coefficient (Wildman–Crippen LogP) is 4.21. The largest absolute Gasteiger partial charge is 0.494 e. The molecule has 0 unspecified atom stereocenters. The number of ether oxygens (including phenoxy) is 1. The zero-order valence-electron chi connectivity index (χ0n) is 16.9. The zero-order valence-corrected chi connectivity index (χ0v) is 16.9. The van der Waals surface area contributed by atoms with Crippen LogP contribution in [0.2, 0.25) is 0 Å². The van der Waals surface area contributed by atoms with Gasteiger partial charge in [0.05, 0.1) is 23.6 Å². The van der Waals surface area contributed by atoms with Crippen molar-refractivity contribution in [2.45, 2.75) is 26.1 Å². The topological polar surface area (TPSA) is 41.8 Å². The van der Waals surface area contributed by atoms with Gasteiger partial charge in [0.2, 0.25) is 0 Å². The van der Waals surface area contributed by atoms with Gasteiger partial charge in [-0.3, -0.25) is 4.90 Å². The summed E-state index contributed by atoms with van der Waals surface area (Å²) >= 11 is 0. The number of nitrogens with zero attached hydrogens (tertiary/aromatic N) is 3. The number of hydrogen-bond donors (Lipinski definition) is 1. The maximum absolute atomic E-state index is 13.3. The number of imidazole rings is 1. The van der Waals surface area contributed by atoms with E-state index in [-0.39, 0.29) is 0 Å². The van der Waals surface area contributed by atoms with E-state index in [1.807, 2.05) is 31.2 Å². The van der Waals surface area contributed by atoms with Crippen molar-refractivity contribution in [3.05, 3.63) is 53.9 Å². The fraction of sp³-hybridized carbons (Fsp3) is 0.409. The Morgan fingerprint density at radius 3 is 2.47 bits per heavy atom. The molecule has 3 heterocycles. The van der Waals surface area contributed by atoms with Crippen LogP contribution in [0.5, 0.6) is 5.75 Å². The molecule has 5 nitrogen and oxygen atoms in total. The average Bonchev–Trinajstić information content (AvgIpc) is 3.10. The van der Waals surface area contributed by atoms with Crippen LogP contribution in [0.25, 0.3) is 16.9 Å². The van der Waals surface area contributed by atoms with Gasteiger partial charge < -0.3 is 14.5 Å². The Morgan fingerprint density at radius 2 is 1.80 bits per heavy atom. The lowest BCUT2D eigenvalue weighted by molar-refractivity contribution is -0.137. The standard InChI is InChI=1S/C22H25F3N4O/c1-2-13-30-18-6-3-16(4-7-18)21-19(15-28-11-9-26-10-12-28)29-14-17(22(23,24)25)5-8-20(29)27-21/h3-8,14,26H,2,9-13,15H2,1H3. The van der Waals surface area contributed by atoms with Gasteiger partial charge in [-0.25, -0.2) is 4.98 Å². The van der Waals surface area contributed by atoms with Crippen LogP contribution in [-0.2, 0) is 12.7 Å². The molecule has 0 bridgehead atoms. The van der Waals surface area contributed by atoms with E-state index in [9.17, 15) is 13.2 Å². The maximum atomic E-state index is 13.3. The summed E-state index contributed by atoms with van der Waals surface area (Å²) in [4.78, 5) is 6.91. The molecule has 1 N–H and O–H groups in total. The van der Waals surface area contributed by atoms with E-state index >= 15 is 0 Å². The Hall–Kier alpha value is -2.58. The number of halogens is 3. The van der Waals surface area contributed by atoms with E-state index in [0.717, 1.165) is 61.9 Å². The average molecular weight is 418 g/mol. The van der Waals surface area contributed by atoms with Crippen molar-refractivity contribution in [2.75, 3.05) is 32.8 Å². The number of fused-ring (bicyclic) bond motifs is 1. The van der Waals surface area contributed by atoms with Gasteiger partial charge in [0.25, 0.3) is 0 Å². The second-order valence-electron chi connectivity index (χ2n) is 7.45. The summed E-state index contributed by atoms with van der Waals surface area (Å²) in [6.07, 6.45) is -2.32. The van der Waals surface area contributed by atoms with Gasteiger partial charge in [-0.2, -0.15) is 13.2 Å². The van der Waals surface area contributed by atoms with Crippen molar-refractivity contribution in [2.24, 2.45) is 0 Å². The lowest BCUT2D eigenvalue weighted by atomic mass is 10.1. The first-order valence-corrected chi connectivity index (χ1v) is 10.2. The quantitative estimate of drug-likeness (QED) is 0.651. The van der Waals surface area contributed by atoms with E-state index in [1.54, 1.807) is 4.40 Å². The number of nitrogens with one attached hydrogen (secondary N) is 1. The predicted molar refractivity (Wildman–Crippen MR) is 110 cm³/mol. The fourth-order valence-corrected chi connectivity index (χ4v) is 3.65. The first kappa shape index (κ1) is 20.7. The van der Waals surface area contributed by atoms with Crippen molar-refractivity contribution >= 4 is 5.65 Å². The third-order valence-electron chi connectivity index (χ3n) is 5.23. The van der Waals surface area contributed by atoms with Crippen molar-refractivity contribution in [1.82, 2.24) is 19.6 Å². The van der Waals surface area contributed by atoms with E-state index < -0.39 is 11.7 Å². The molecule has 1 saturated heterocycles. The molecule has 3 aromatic rings. The minimum Gasteiger partial charge on any atom is -0.494 e. The number of benzene rings is 1. The Morgan fingerprint density at radius 1 is 1.07 bits per heavy atom. The van der Waals surface area contributed by atoms with Gasteiger partial charge in [-0.1, -0.05) is 6.92 Å². The fourth-order valence-electron chi connectivity index (χ4n) is 3.65. The third-order valence-corrected chi connectivity index (χ3v) is 5.23. The van der Waals surface area contributed by atoms with Crippen LogP contribution in [0, 0.1) is 0 Å². The molecular weight excluding hydrogens is 393 g/mol. The van der Waals surface area contributed by atoms with Gasteiger partial charge in [-0.05, 0) is 42.8 Å². The van der Waals surface area contributed by atoms with E-state index in [1.165, 1.54) is 6.07 Å². The summed E-state index contributed by atoms with van der Waals surface area (Å²) in [6.45, 7) is 6.63. The Bertz CT molecular complexity index is 992. The molecule has 1 aromatic carbocycles. The lowest BCUT2D eigenvalue weighted by Gasteiger charge is -2.27. The van der Waals surface area contributed by atoms with E-state index in [4.69, 9.17) is 4.74 Å². The molecule has 8 heteroatoms.